The number of likely N-dealkylation sites (tertiary alicyclic amines) is 1. The van der Waals surface area contributed by atoms with Crippen LogP contribution in [0.1, 0.15) is 51.4 Å². The number of nitrogens with one attached hydrogen (secondary N) is 1. The Hall–Kier alpha value is -1.68. The maximum Gasteiger partial charge on any atom is 0.410 e. The molecule has 0 radical (unpaired) electrons. The number of carbonyl (C=O) groups excluding carboxylic acids is 1. The summed E-state index contributed by atoms with van der Waals surface area (Å²) in [5.41, 5.74) is -0.577. The molecule has 130 valence electrons. The van der Waals surface area contributed by atoms with Crippen LogP contribution in [0.2, 0.25) is 0 Å². The van der Waals surface area contributed by atoms with Crippen molar-refractivity contribution >= 4 is 16.1 Å². The summed E-state index contributed by atoms with van der Waals surface area (Å²) < 4.78 is 34.8. The summed E-state index contributed by atoms with van der Waals surface area (Å²) in [6.07, 6.45) is 2.15. The molecule has 0 spiro atoms. The van der Waals surface area contributed by atoms with Gasteiger partial charge < -0.3 is 9.26 Å². The molecule has 0 saturated carbocycles. The molecule has 0 bridgehead atoms. The second-order valence-electron chi connectivity index (χ2n) is 6.47. The highest BCUT2D eigenvalue weighted by molar-refractivity contribution is 7.88. The van der Waals surface area contributed by atoms with E-state index in [1.54, 1.807) is 25.7 Å². The molecule has 1 saturated heterocycles. The largest absolute Gasteiger partial charge is 0.444 e. The predicted molar refractivity (Wildman–Crippen MR) is 80.9 cm³/mol. The van der Waals surface area contributed by atoms with Crippen LogP contribution in [0.5, 0.6) is 0 Å². The van der Waals surface area contributed by atoms with Gasteiger partial charge in [-0.15, -0.1) is 0 Å². The van der Waals surface area contributed by atoms with Crippen LogP contribution in [0.15, 0.2) is 4.52 Å². The lowest BCUT2D eigenvalue weighted by molar-refractivity contribution is 0.0217. The number of hydrogen-bond donors (Lipinski definition) is 1. The number of ether oxygens (including phenoxy) is 1. The van der Waals surface area contributed by atoms with Gasteiger partial charge in [-0.2, -0.15) is 4.98 Å². The summed E-state index contributed by atoms with van der Waals surface area (Å²) in [6, 6.07) is -0.319. The molecule has 1 N–H and O–H groups in total. The van der Waals surface area contributed by atoms with Crippen LogP contribution in [0.4, 0.5) is 4.79 Å². The van der Waals surface area contributed by atoms with Gasteiger partial charge in [0.1, 0.15) is 5.60 Å². The van der Waals surface area contributed by atoms with Gasteiger partial charge in [0.25, 0.3) is 0 Å². The average Bonchev–Trinajstić information content (AvgIpc) is 3.02. The van der Waals surface area contributed by atoms with Crippen molar-refractivity contribution in [1.82, 2.24) is 19.8 Å². The Kier molecular flexibility index (Phi) is 4.95. The molecule has 2 rings (SSSR count). The molecule has 2 heterocycles. The van der Waals surface area contributed by atoms with Gasteiger partial charge in [-0.1, -0.05) is 5.16 Å². The van der Waals surface area contributed by atoms with E-state index in [1.165, 1.54) is 0 Å². The average molecular weight is 346 g/mol. The number of rotatable bonds is 4. The van der Waals surface area contributed by atoms with E-state index in [9.17, 15) is 13.2 Å². The minimum absolute atomic E-state index is 0.0784. The Morgan fingerprint density at radius 3 is 2.78 bits per heavy atom. The smallest absolute Gasteiger partial charge is 0.410 e. The van der Waals surface area contributed by atoms with Crippen molar-refractivity contribution in [2.45, 2.75) is 51.8 Å². The quantitative estimate of drug-likeness (QED) is 0.870. The van der Waals surface area contributed by atoms with Gasteiger partial charge in [0, 0.05) is 6.54 Å². The topological polar surface area (TPSA) is 115 Å². The molecular formula is C13H22N4O5S. The zero-order chi connectivity index (χ0) is 17.3. The first kappa shape index (κ1) is 17.7. The summed E-state index contributed by atoms with van der Waals surface area (Å²) in [5.74, 6) is 0.514. The van der Waals surface area contributed by atoms with E-state index >= 15 is 0 Å². The lowest BCUT2D eigenvalue weighted by atomic mass is 10.2. The van der Waals surface area contributed by atoms with Crippen LogP contribution in [0.3, 0.4) is 0 Å². The van der Waals surface area contributed by atoms with Gasteiger partial charge >= 0.3 is 6.09 Å². The molecule has 1 aromatic rings. The molecular weight excluding hydrogens is 324 g/mol. The number of amides is 1. The summed E-state index contributed by atoms with van der Waals surface area (Å²) in [5, 5.41) is 3.86. The van der Waals surface area contributed by atoms with Gasteiger partial charge in [-0.25, -0.2) is 17.9 Å². The highest BCUT2D eigenvalue weighted by atomic mass is 32.2. The van der Waals surface area contributed by atoms with Crippen molar-refractivity contribution in [2.24, 2.45) is 0 Å². The van der Waals surface area contributed by atoms with Crippen molar-refractivity contribution in [2.75, 3.05) is 12.8 Å². The summed E-state index contributed by atoms with van der Waals surface area (Å²) in [6.45, 7) is 5.90. The van der Waals surface area contributed by atoms with E-state index in [1.807, 2.05) is 0 Å². The SMILES string of the molecule is CC(C)(C)OC(=O)N1CCC[C@@H]1c1noc(CNS(C)(=O)=O)n1. The fourth-order valence-electron chi connectivity index (χ4n) is 2.24. The fourth-order valence-corrected chi connectivity index (χ4v) is 2.63. The number of carbonyl (C=O) groups is 1. The Labute approximate surface area is 135 Å². The lowest BCUT2D eigenvalue weighted by Crippen LogP contribution is -2.36. The van der Waals surface area contributed by atoms with Crippen LogP contribution in [0, 0.1) is 0 Å². The predicted octanol–water partition coefficient (Wildman–Crippen LogP) is 1.19. The van der Waals surface area contributed by atoms with Crippen LogP contribution in [-0.2, 0) is 21.3 Å². The molecule has 0 unspecified atom stereocenters. The van der Waals surface area contributed by atoms with E-state index in [-0.39, 0.29) is 18.5 Å². The lowest BCUT2D eigenvalue weighted by Gasteiger charge is -2.27. The highest BCUT2D eigenvalue weighted by Crippen LogP contribution is 2.31. The zero-order valence-electron chi connectivity index (χ0n) is 13.7. The van der Waals surface area contributed by atoms with E-state index in [4.69, 9.17) is 9.26 Å². The third-order valence-electron chi connectivity index (χ3n) is 3.15. The molecule has 1 aliphatic heterocycles. The number of sulfonamides is 1. The Morgan fingerprint density at radius 2 is 2.17 bits per heavy atom. The minimum Gasteiger partial charge on any atom is -0.444 e. The van der Waals surface area contributed by atoms with Crippen molar-refractivity contribution < 1.29 is 22.5 Å². The van der Waals surface area contributed by atoms with Gasteiger partial charge in [0.05, 0.1) is 18.8 Å². The first-order valence-electron chi connectivity index (χ1n) is 7.32. The van der Waals surface area contributed by atoms with Crippen molar-refractivity contribution in [1.29, 1.82) is 0 Å². The third kappa shape index (κ3) is 5.17. The van der Waals surface area contributed by atoms with Gasteiger partial charge in [-0.05, 0) is 33.6 Å². The molecule has 0 aliphatic carbocycles. The Morgan fingerprint density at radius 1 is 1.48 bits per heavy atom. The first-order valence-corrected chi connectivity index (χ1v) is 9.21. The molecule has 10 heteroatoms. The molecule has 1 amide bonds. The molecule has 1 fully saturated rings. The van der Waals surface area contributed by atoms with Crippen molar-refractivity contribution in [3.63, 3.8) is 0 Å². The second kappa shape index (κ2) is 6.44. The number of hydrogen-bond acceptors (Lipinski definition) is 7. The first-order chi connectivity index (χ1) is 10.6. The summed E-state index contributed by atoms with van der Waals surface area (Å²) >= 11 is 0. The number of nitrogens with zero attached hydrogens (tertiary/aromatic N) is 3. The maximum atomic E-state index is 12.2. The Balaban J connectivity index is 2.05. The van der Waals surface area contributed by atoms with Crippen molar-refractivity contribution in [3.05, 3.63) is 11.7 Å². The summed E-state index contributed by atoms with van der Waals surface area (Å²) in [4.78, 5) is 18.0. The van der Waals surface area contributed by atoms with Crippen molar-refractivity contribution in [3.8, 4) is 0 Å². The van der Waals surface area contributed by atoms with E-state index in [0.717, 1.165) is 12.7 Å². The fraction of sp³-hybridized carbons (Fsp3) is 0.769. The third-order valence-corrected chi connectivity index (χ3v) is 3.82. The summed E-state index contributed by atoms with van der Waals surface area (Å²) in [7, 11) is -3.34. The molecule has 1 atom stereocenters. The standard InChI is InChI=1S/C13H22N4O5S/c1-13(2,3)21-12(18)17-7-5-6-9(17)11-15-10(22-16-11)8-14-23(4,19)20/h9,14H,5-8H2,1-4H3/t9-/m1/s1. The number of aromatic nitrogens is 2. The van der Waals surface area contributed by atoms with Crippen LogP contribution < -0.4 is 4.72 Å². The maximum absolute atomic E-state index is 12.2. The monoisotopic (exact) mass is 346 g/mol. The highest BCUT2D eigenvalue weighted by Gasteiger charge is 2.36. The molecule has 23 heavy (non-hydrogen) atoms. The van der Waals surface area contributed by atoms with E-state index in [0.29, 0.717) is 18.8 Å². The van der Waals surface area contributed by atoms with Crippen LogP contribution >= 0.6 is 0 Å². The van der Waals surface area contributed by atoms with Gasteiger partial charge in [0.15, 0.2) is 5.82 Å². The van der Waals surface area contributed by atoms with Gasteiger partial charge in [-0.3, -0.25) is 4.90 Å². The zero-order valence-corrected chi connectivity index (χ0v) is 14.5. The molecule has 1 aliphatic rings. The van der Waals surface area contributed by atoms with E-state index < -0.39 is 21.7 Å². The molecule has 1 aromatic heterocycles. The minimum atomic E-state index is -3.34. The normalized spacial score (nSPS) is 19.1. The second-order valence-corrected chi connectivity index (χ2v) is 8.30. The molecule has 0 aromatic carbocycles. The van der Waals surface area contributed by atoms with E-state index in [2.05, 4.69) is 14.9 Å². The Bertz CT molecular complexity index is 664. The van der Waals surface area contributed by atoms with Crippen LogP contribution in [0.25, 0.3) is 0 Å². The molecule has 9 nitrogen and oxygen atoms in total. The van der Waals surface area contributed by atoms with Gasteiger partial charge in [0.2, 0.25) is 15.9 Å². The van der Waals surface area contributed by atoms with Crippen LogP contribution in [-0.4, -0.2) is 48.0 Å².